The van der Waals surface area contributed by atoms with Gasteiger partial charge in [0.1, 0.15) is 0 Å². The Hall–Kier alpha value is -3.33. The zero-order chi connectivity index (χ0) is 23.2. The van der Waals surface area contributed by atoms with Gasteiger partial charge in [-0.2, -0.15) is 5.10 Å². The van der Waals surface area contributed by atoms with Crippen LogP contribution in [0.3, 0.4) is 0 Å². The molecule has 2 aromatic carbocycles. The van der Waals surface area contributed by atoms with Gasteiger partial charge in [-0.25, -0.2) is 5.43 Å². The second-order valence-electron chi connectivity index (χ2n) is 8.16. The fourth-order valence-electron chi connectivity index (χ4n) is 3.91. The molecule has 1 aliphatic carbocycles. The van der Waals surface area contributed by atoms with Gasteiger partial charge in [0.2, 0.25) is 0 Å². The quantitative estimate of drug-likeness (QED) is 0.206. The average Bonchev–Trinajstić information content (AvgIpc) is 3.25. The van der Waals surface area contributed by atoms with Crippen molar-refractivity contribution in [2.75, 3.05) is 5.75 Å². The number of phenols is 2. The van der Waals surface area contributed by atoms with Crippen LogP contribution in [-0.2, 0) is 4.79 Å². The molecule has 1 aromatic heterocycles. The molecule has 9 heteroatoms. The monoisotopic (exact) mass is 465 g/mol. The second kappa shape index (κ2) is 10.5. The number of aromatic hydroxyl groups is 2. The zero-order valence-corrected chi connectivity index (χ0v) is 19.3. The van der Waals surface area contributed by atoms with Crippen LogP contribution in [0.5, 0.6) is 11.5 Å². The van der Waals surface area contributed by atoms with Crippen LogP contribution in [-0.4, -0.2) is 42.9 Å². The summed E-state index contributed by atoms with van der Waals surface area (Å²) < 4.78 is 2.20. The lowest BCUT2D eigenvalue weighted by Gasteiger charge is -2.25. The first-order valence-electron chi connectivity index (χ1n) is 11.0. The lowest BCUT2D eigenvalue weighted by atomic mass is 9.95. The first-order valence-corrected chi connectivity index (χ1v) is 12.0. The van der Waals surface area contributed by atoms with E-state index in [0.29, 0.717) is 11.6 Å². The smallest absolute Gasteiger partial charge is 0.250 e. The number of thioether (sulfide) groups is 1. The SMILES string of the molecule is Cc1ccc(-c2nnc(SCC(=O)N/N=C/c3ccc(O)c(O)c3)n2C2CCCCC2)cc1. The van der Waals surface area contributed by atoms with E-state index in [2.05, 4.69) is 56.5 Å². The molecule has 1 fully saturated rings. The van der Waals surface area contributed by atoms with Crippen molar-refractivity contribution in [1.82, 2.24) is 20.2 Å². The summed E-state index contributed by atoms with van der Waals surface area (Å²) in [5, 5.41) is 32.4. The summed E-state index contributed by atoms with van der Waals surface area (Å²) in [6.07, 6.45) is 7.19. The van der Waals surface area contributed by atoms with Crippen molar-refractivity contribution in [2.45, 2.75) is 50.2 Å². The third kappa shape index (κ3) is 5.73. The van der Waals surface area contributed by atoms with Gasteiger partial charge in [-0.05, 0) is 43.5 Å². The highest BCUT2D eigenvalue weighted by atomic mass is 32.2. The number of nitrogens with zero attached hydrogens (tertiary/aromatic N) is 4. The predicted octanol–water partition coefficient (Wildman–Crippen LogP) is 4.41. The van der Waals surface area contributed by atoms with Crippen molar-refractivity contribution < 1.29 is 15.0 Å². The molecule has 172 valence electrons. The van der Waals surface area contributed by atoms with Gasteiger partial charge in [0.15, 0.2) is 22.5 Å². The van der Waals surface area contributed by atoms with Gasteiger partial charge in [-0.1, -0.05) is 60.9 Å². The predicted molar refractivity (Wildman–Crippen MR) is 129 cm³/mol. The van der Waals surface area contributed by atoms with Gasteiger partial charge in [0, 0.05) is 11.6 Å². The van der Waals surface area contributed by atoms with Crippen LogP contribution < -0.4 is 5.43 Å². The Morgan fingerprint density at radius 2 is 1.88 bits per heavy atom. The molecule has 1 aliphatic rings. The molecule has 0 atom stereocenters. The van der Waals surface area contributed by atoms with E-state index in [9.17, 15) is 15.0 Å². The molecule has 1 saturated carbocycles. The number of benzene rings is 2. The third-order valence-electron chi connectivity index (χ3n) is 5.65. The maximum atomic E-state index is 12.3. The summed E-state index contributed by atoms with van der Waals surface area (Å²) in [4.78, 5) is 12.3. The summed E-state index contributed by atoms with van der Waals surface area (Å²) in [6, 6.07) is 12.9. The highest BCUT2D eigenvalue weighted by Gasteiger charge is 2.24. The molecule has 1 amide bonds. The number of nitrogens with one attached hydrogen (secondary N) is 1. The zero-order valence-electron chi connectivity index (χ0n) is 18.4. The Bertz CT molecular complexity index is 1140. The van der Waals surface area contributed by atoms with E-state index >= 15 is 0 Å². The van der Waals surface area contributed by atoms with Crippen molar-refractivity contribution in [3.8, 4) is 22.9 Å². The van der Waals surface area contributed by atoms with E-state index in [1.54, 1.807) is 6.07 Å². The van der Waals surface area contributed by atoms with Gasteiger partial charge < -0.3 is 10.2 Å². The number of carbonyl (C=O) groups excluding carboxylic acids is 1. The van der Waals surface area contributed by atoms with Crippen molar-refractivity contribution in [1.29, 1.82) is 0 Å². The molecule has 0 saturated heterocycles. The normalized spacial score (nSPS) is 14.6. The van der Waals surface area contributed by atoms with Crippen LogP contribution in [0.1, 0.15) is 49.3 Å². The minimum absolute atomic E-state index is 0.150. The standard InChI is InChI=1S/C24H27N5O3S/c1-16-7-10-18(11-8-16)23-27-28-24(29(23)19-5-3-2-4-6-19)33-15-22(32)26-25-14-17-9-12-20(30)21(31)13-17/h7-14,19,30-31H,2-6,15H2,1H3,(H,26,32)/b25-14+. The van der Waals surface area contributed by atoms with Crippen LogP contribution in [0.15, 0.2) is 52.7 Å². The fraction of sp³-hybridized carbons (Fsp3) is 0.333. The lowest BCUT2D eigenvalue weighted by molar-refractivity contribution is -0.118. The highest BCUT2D eigenvalue weighted by Crippen LogP contribution is 2.35. The summed E-state index contributed by atoms with van der Waals surface area (Å²) in [6.45, 7) is 2.06. The number of hydrazone groups is 1. The lowest BCUT2D eigenvalue weighted by Crippen LogP contribution is -2.20. The van der Waals surface area contributed by atoms with Gasteiger partial charge in [0.25, 0.3) is 5.91 Å². The summed E-state index contributed by atoms with van der Waals surface area (Å²) in [7, 11) is 0. The number of aromatic nitrogens is 3. The van der Waals surface area contributed by atoms with Gasteiger partial charge in [-0.3, -0.25) is 9.36 Å². The van der Waals surface area contributed by atoms with Gasteiger partial charge >= 0.3 is 0 Å². The van der Waals surface area contributed by atoms with Crippen LogP contribution in [0.2, 0.25) is 0 Å². The molecular formula is C24H27N5O3S. The molecule has 8 nitrogen and oxygen atoms in total. The van der Waals surface area contributed by atoms with Crippen LogP contribution in [0, 0.1) is 6.92 Å². The molecule has 33 heavy (non-hydrogen) atoms. The van der Waals surface area contributed by atoms with Crippen molar-refractivity contribution in [3.05, 3.63) is 53.6 Å². The minimum atomic E-state index is -0.269. The average molecular weight is 466 g/mol. The molecule has 0 aliphatic heterocycles. The van der Waals surface area contributed by atoms with E-state index in [0.717, 1.165) is 29.4 Å². The Labute approximate surface area is 196 Å². The summed E-state index contributed by atoms with van der Waals surface area (Å²) >= 11 is 1.35. The van der Waals surface area contributed by atoms with Crippen LogP contribution in [0.4, 0.5) is 0 Å². The molecule has 3 N–H and O–H groups in total. The molecule has 3 aromatic rings. The van der Waals surface area contributed by atoms with Gasteiger partial charge in [-0.15, -0.1) is 10.2 Å². The number of rotatable bonds is 7. The van der Waals surface area contributed by atoms with Crippen molar-refractivity contribution >= 4 is 23.9 Å². The maximum absolute atomic E-state index is 12.3. The number of amides is 1. The summed E-state index contributed by atoms with van der Waals surface area (Å²) in [5.74, 6) is 0.271. The Morgan fingerprint density at radius 1 is 1.12 bits per heavy atom. The second-order valence-corrected chi connectivity index (χ2v) is 9.11. The van der Waals surface area contributed by atoms with E-state index in [4.69, 9.17) is 0 Å². The number of aryl methyl sites for hydroxylation is 1. The molecule has 0 bridgehead atoms. The fourth-order valence-corrected chi connectivity index (χ4v) is 4.70. The highest BCUT2D eigenvalue weighted by molar-refractivity contribution is 7.99. The van der Waals surface area contributed by atoms with E-state index in [-0.39, 0.29) is 23.2 Å². The summed E-state index contributed by atoms with van der Waals surface area (Å²) in [5.41, 5.74) is 5.26. The largest absolute Gasteiger partial charge is 0.504 e. The third-order valence-corrected chi connectivity index (χ3v) is 6.59. The molecule has 0 radical (unpaired) electrons. The van der Waals surface area contributed by atoms with E-state index in [1.807, 2.05) is 0 Å². The molecule has 0 spiro atoms. The first-order chi connectivity index (χ1) is 16.0. The van der Waals surface area contributed by atoms with Gasteiger partial charge in [0.05, 0.1) is 12.0 Å². The maximum Gasteiger partial charge on any atom is 0.250 e. The Balaban J connectivity index is 1.44. The number of phenolic OH excluding ortho intramolecular Hbond substituents is 2. The minimum Gasteiger partial charge on any atom is -0.504 e. The van der Waals surface area contributed by atoms with E-state index < -0.39 is 0 Å². The number of hydrogen-bond donors (Lipinski definition) is 3. The van der Waals surface area contributed by atoms with E-state index in [1.165, 1.54) is 54.9 Å². The molecular weight excluding hydrogens is 438 g/mol. The Kier molecular flexibility index (Phi) is 7.29. The molecule has 0 unspecified atom stereocenters. The van der Waals surface area contributed by atoms with Crippen molar-refractivity contribution in [3.63, 3.8) is 0 Å². The van der Waals surface area contributed by atoms with Crippen LogP contribution in [0.25, 0.3) is 11.4 Å². The van der Waals surface area contributed by atoms with Crippen LogP contribution >= 0.6 is 11.8 Å². The topological polar surface area (TPSA) is 113 Å². The number of hydrogen-bond acceptors (Lipinski definition) is 7. The molecule has 1 heterocycles. The first kappa shape index (κ1) is 22.8. The molecule has 4 rings (SSSR count). The Morgan fingerprint density at radius 3 is 2.61 bits per heavy atom. The van der Waals surface area contributed by atoms with Crippen molar-refractivity contribution in [2.24, 2.45) is 5.10 Å². The number of carbonyl (C=O) groups is 1.